The van der Waals surface area contributed by atoms with Gasteiger partial charge in [0.05, 0.1) is 6.04 Å². The van der Waals surface area contributed by atoms with E-state index in [1.807, 2.05) is 0 Å². The molecule has 2 saturated heterocycles. The van der Waals surface area contributed by atoms with Crippen LogP contribution < -0.4 is 5.32 Å². The average Bonchev–Trinajstić information content (AvgIpc) is 2.38. The quantitative estimate of drug-likeness (QED) is 0.761. The summed E-state index contributed by atoms with van der Waals surface area (Å²) in [6, 6.07) is -0.865. The van der Waals surface area contributed by atoms with Gasteiger partial charge in [-0.1, -0.05) is 6.92 Å². The molecule has 0 radical (unpaired) electrons. The van der Waals surface area contributed by atoms with Crippen LogP contribution in [0.3, 0.4) is 0 Å². The summed E-state index contributed by atoms with van der Waals surface area (Å²) in [6.07, 6.45) is 2.12. The Morgan fingerprint density at radius 2 is 2.22 bits per heavy atom. The van der Waals surface area contributed by atoms with Crippen LogP contribution in [0.2, 0.25) is 0 Å². The van der Waals surface area contributed by atoms with Gasteiger partial charge in [0.15, 0.2) is 0 Å². The number of carbonyl (C=O) groups excluding carboxylic acids is 1. The van der Waals surface area contributed by atoms with E-state index < -0.39 is 12.0 Å². The van der Waals surface area contributed by atoms with Crippen molar-refractivity contribution in [3.63, 3.8) is 0 Å². The third-order valence-corrected chi connectivity index (χ3v) is 4.75. The molecule has 0 aromatic carbocycles. The molecule has 2 fully saturated rings. The number of carbonyl (C=O) groups is 2. The second-order valence-corrected chi connectivity index (χ2v) is 6.16. The molecule has 2 aliphatic heterocycles. The Morgan fingerprint density at radius 1 is 1.44 bits per heavy atom. The SMILES string of the molecule is CC1CCCNC1C(=O)N1CCSCC1C(=O)O. The molecule has 0 spiro atoms. The number of amides is 1. The van der Waals surface area contributed by atoms with Crippen LogP contribution >= 0.6 is 11.8 Å². The molecule has 102 valence electrons. The van der Waals surface area contributed by atoms with Crippen LogP contribution in [-0.2, 0) is 9.59 Å². The van der Waals surface area contributed by atoms with E-state index in [2.05, 4.69) is 12.2 Å². The van der Waals surface area contributed by atoms with Crippen LogP contribution in [0.25, 0.3) is 0 Å². The summed E-state index contributed by atoms with van der Waals surface area (Å²) < 4.78 is 0. The van der Waals surface area contributed by atoms with Crippen LogP contribution in [0.15, 0.2) is 0 Å². The molecule has 5 nitrogen and oxygen atoms in total. The Balaban J connectivity index is 2.07. The molecule has 3 atom stereocenters. The lowest BCUT2D eigenvalue weighted by Gasteiger charge is -2.38. The molecule has 3 unspecified atom stereocenters. The molecule has 0 bridgehead atoms. The van der Waals surface area contributed by atoms with Crippen LogP contribution in [-0.4, -0.2) is 58.6 Å². The van der Waals surface area contributed by atoms with E-state index in [1.165, 1.54) is 0 Å². The maximum atomic E-state index is 12.5. The number of nitrogens with one attached hydrogen (secondary N) is 1. The van der Waals surface area contributed by atoms with Crippen molar-refractivity contribution in [2.24, 2.45) is 5.92 Å². The first-order valence-corrected chi connectivity index (χ1v) is 7.61. The van der Waals surface area contributed by atoms with E-state index in [9.17, 15) is 14.7 Å². The minimum atomic E-state index is -0.890. The number of carboxylic acids is 1. The zero-order valence-corrected chi connectivity index (χ0v) is 11.4. The molecular weight excluding hydrogens is 252 g/mol. The van der Waals surface area contributed by atoms with E-state index in [1.54, 1.807) is 16.7 Å². The highest BCUT2D eigenvalue weighted by molar-refractivity contribution is 7.99. The predicted molar refractivity (Wildman–Crippen MR) is 70.7 cm³/mol. The highest BCUT2D eigenvalue weighted by Gasteiger charge is 2.38. The van der Waals surface area contributed by atoms with Crippen molar-refractivity contribution in [2.75, 3.05) is 24.6 Å². The normalized spacial score (nSPS) is 33.2. The van der Waals surface area contributed by atoms with Crippen LogP contribution in [0.4, 0.5) is 0 Å². The van der Waals surface area contributed by atoms with Gasteiger partial charge in [-0.3, -0.25) is 4.79 Å². The maximum Gasteiger partial charge on any atom is 0.327 e. The average molecular weight is 272 g/mol. The minimum Gasteiger partial charge on any atom is -0.480 e. The molecule has 2 aliphatic rings. The monoisotopic (exact) mass is 272 g/mol. The first kappa shape index (κ1) is 13.7. The van der Waals surface area contributed by atoms with Gasteiger partial charge in [0.25, 0.3) is 0 Å². The summed E-state index contributed by atoms with van der Waals surface area (Å²) >= 11 is 1.60. The van der Waals surface area contributed by atoms with Gasteiger partial charge in [0, 0.05) is 18.1 Å². The van der Waals surface area contributed by atoms with Crippen LogP contribution in [0.1, 0.15) is 19.8 Å². The Morgan fingerprint density at radius 3 is 2.89 bits per heavy atom. The van der Waals surface area contributed by atoms with Crippen molar-refractivity contribution >= 4 is 23.6 Å². The third-order valence-electron chi connectivity index (χ3n) is 3.73. The number of hydrogen-bond acceptors (Lipinski definition) is 4. The lowest BCUT2D eigenvalue weighted by Crippen LogP contribution is -2.58. The molecule has 6 heteroatoms. The summed E-state index contributed by atoms with van der Waals surface area (Å²) in [6.45, 7) is 3.45. The summed E-state index contributed by atoms with van der Waals surface area (Å²) in [5.41, 5.74) is 0. The van der Waals surface area contributed by atoms with E-state index in [0.29, 0.717) is 12.3 Å². The number of hydrogen-bond donors (Lipinski definition) is 2. The molecule has 2 heterocycles. The fourth-order valence-electron chi connectivity index (χ4n) is 2.63. The number of rotatable bonds is 2. The zero-order chi connectivity index (χ0) is 13.1. The van der Waals surface area contributed by atoms with Crippen molar-refractivity contribution in [1.82, 2.24) is 10.2 Å². The number of aliphatic carboxylic acids is 1. The lowest BCUT2D eigenvalue weighted by molar-refractivity contribution is -0.150. The second kappa shape index (κ2) is 5.93. The maximum absolute atomic E-state index is 12.5. The molecule has 2 N–H and O–H groups in total. The van der Waals surface area contributed by atoms with Crippen molar-refractivity contribution < 1.29 is 14.7 Å². The Hall–Kier alpha value is -0.750. The van der Waals surface area contributed by atoms with E-state index in [-0.39, 0.29) is 17.9 Å². The molecule has 0 aliphatic carbocycles. The minimum absolute atomic E-state index is 0.0325. The van der Waals surface area contributed by atoms with Gasteiger partial charge >= 0.3 is 5.97 Å². The standard InChI is InChI=1S/C12H20N2O3S/c1-8-3-2-4-13-10(8)11(15)14-5-6-18-7-9(14)12(16)17/h8-10,13H,2-7H2,1H3,(H,16,17). The van der Waals surface area contributed by atoms with Crippen molar-refractivity contribution in [3.05, 3.63) is 0 Å². The molecule has 18 heavy (non-hydrogen) atoms. The molecule has 1 amide bonds. The molecule has 0 saturated carbocycles. The summed E-state index contributed by atoms with van der Waals surface area (Å²) in [4.78, 5) is 25.2. The Bertz CT molecular complexity index is 337. The largest absolute Gasteiger partial charge is 0.480 e. The smallest absolute Gasteiger partial charge is 0.327 e. The highest BCUT2D eigenvalue weighted by atomic mass is 32.2. The van der Waals surface area contributed by atoms with Crippen LogP contribution in [0.5, 0.6) is 0 Å². The predicted octanol–water partition coefficient (Wildman–Crippen LogP) is 0.403. The van der Waals surface area contributed by atoms with E-state index in [4.69, 9.17) is 0 Å². The first-order chi connectivity index (χ1) is 8.61. The fourth-order valence-corrected chi connectivity index (χ4v) is 3.67. The van der Waals surface area contributed by atoms with Gasteiger partial charge in [0.1, 0.15) is 6.04 Å². The zero-order valence-electron chi connectivity index (χ0n) is 10.6. The summed E-state index contributed by atoms with van der Waals surface area (Å²) in [7, 11) is 0. The van der Waals surface area contributed by atoms with Crippen molar-refractivity contribution in [1.29, 1.82) is 0 Å². The Labute approximate surface area is 111 Å². The van der Waals surface area contributed by atoms with Gasteiger partial charge in [0.2, 0.25) is 5.91 Å². The third kappa shape index (κ3) is 2.80. The summed E-state index contributed by atoms with van der Waals surface area (Å²) in [5, 5.41) is 12.4. The van der Waals surface area contributed by atoms with E-state index in [0.717, 1.165) is 25.1 Å². The first-order valence-electron chi connectivity index (χ1n) is 6.45. The Kier molecular flexibility index (Phi) is 4.50. The second-order valence-electron chi connectivity index (χ2n) is 5.01. The lowest BCUT2D eigenvalue weighted by atomic mass is 9.91. The van der Waals surface area contributed by atoms with Gasteiger partial charge in [-0.15, -0.1) is 0 Å². The number of thioether (sulfide) groups is 1. The summed E-state index contributed by atoms with van der Waals surface area (Å²) in [5.74, 6) is 0.697. The molecule has 2 rings (SSSR count). The molecular formula is C12H20N2O3S. The number of nitrogens with zero attached hydrogens (tertiary/aromatic N) is 1. The van der Waals surface area contributed by atoms with Gasteiger partial charge in [-0.25, -0.2) is 4.79 Å². The van der Waals surface area contributed by atoms with Crippen LogP contribution in [0, 0.1) is 5.92 Å². The number of carboxylic acid groups (broad SMARTS) is 1. The highest BCUT2D eigenvalue weighted by Crippen LogP contribution is 2.22. The van der Waals surface area contributed by atoms with E-state index >= 15 is 0 Å². The van der Waals surface area contributed by atoms with Gasteiger partial charge < -0.3 is 15.3 Å². The van der Waals surface area contributed by atoms with Crippen molar-refractivity contribution in [3.8, 4) is 0 Å². The topological polar surface area (TPSA) is 69.6 Å². The van der Waals surface area contributed by atoms with Crippen molar-refractivity contribution in [2.45, 2.75) is 31.8 Å². The number of piperidine rings is 1. The van der Waals surface area contributed by atoms with Gasteiger partial charge in [-0.2, -0.15) is 11.8 Å². The fraction of sp³-hybridized carbons (Fsp3) is 0.833. The molecule has 0 aromatic heterocycles. The molecule has 0 aromatic rings. The van der Waals surface area contributed by atoms with Gasteiger partial charge in [-0.05, 0) is 25.3 Å².